The van der Waals surface area contributed by atoms with Crippen LogP contribution in [0.15, 0.2) is 41.1 Å². The molecule has 21 heavy (non-hydrogen) atoms. The van der Waals surface area contributed by atoms with Crippen LogP contribution in [0.5, 0.6) is 0 Å². The Morgan fingerprint density at radius 1 is 1.33 bits per heavy atom. The number of amides is 1. The van der Waals surface area contributed by atoms with Crippen molar-refractivity contribution in [1.29, 1.82) is 0 Å². The van der Waals surface area contributed by atoms with Gasteiger partial charge in [-0.25, -0.2) is 17.5 Å². The van der Waals surface area contributed by atoms with Crippen LogP contribution in [0, 0.1) is 5.82 Å². The zero-order chi connectivity index (χ0) is 15.3. The van der Waals surface area contributed by atoms with E-state index in [-0.39, 0.29) is 11.4 Å². The fourth-order valence-corrected chi connectivity index (χ4v) is 2.50. The molecule has 1 aromatic heterocycles. The summed E-state index contributed by atoms with van der Waals surface area (Å²) in [4.78, 5) is 11.6. The number of sulfonamides is 1. The molecule has 0 spiro atoms. The van der Waals surface area contributed by atoms with E-state index >= 15 is 0 Å². The van der Waals surface area contributed by atoms with Gasteiger partial charge in [0.25, 0.3) is 0 Å². The Labute approximate surface area is 120 Å². The highest BCUT2D eigenvalue weighted by molar-refractivity contribution is 7.88. The second-order valence-electron chi connectivity index (χ2n) is 4.13. The van der Waals surface area contributed by atoms with Crippen molar-refractivity contribution in [2.45, 2.75) is 5.75 Å². The minimum absolute atomic E-state index is 0.230. The van der Waals surface area contributed by atoms with E-state index in [2.05, 4.69) is 19.7 Å². The summed E-state index contributed by atoms with van der Waals surface area (Å²) in [6.07, 6.45) is 1.25. The lowest BCUT2D eigenvalue weighted by atomic mass is 10.3. The minimum atomic E-state index is -3.71. The van der Waals surface area contributed by atoms with Crippen LogP contribution in [-0.2, 0) is 20.6 Å². The van der Waals surface area contributed by atoms with E-state index in [4.69, 9.17) is 0 Å². The summed E-state index contributed by atoms with van der Waals surface area (Å²) < 4.78 is 42.9. The highest BCUT2D eigenvalue weighted by Crippen LogP contribution is 2.08. The molecular weight excluding hydrogens is 301 g/mol. The predicted octanol–water partition coefficient (Wildman–Crippen LogP) is 0.872. The molecule has 9 heteroatoms. The number of halogens is 1. The van der Waals surface area contributed by atoms with Crippen molar-refractivity contribution in [3.63, 3.8) is 0 Å². The van der Waals surface area contributed by atoms with E-state index in [0.717, 1.165) is 6.07 Å². The van der Waals surface area contributed by atoms with Gasteiger partial charge in [0.1, 0.15) is 17.8 Å². The van der Waals surface area contributed by atoms with Gasteiger partial charge in [-0.1, -0.05) is 11.2 Å². The first-order chi connectivity index (χ1) is 9.94. The third-order valence-electron chi connectivity index (χ3n) is 2.39. The molecule has 1 heterocycles. The van der Waals surface area contributed by atoms with E-state index < -0.39 is 34.0 Å². The van der Waals surface area contributed by atoms with Gasteiger partial charge in [-0.2, -0.15) is 0 Å². The third-order valence-corrected chi connectivity index (χ3v) is 3.65. The molecule has 7 nitrogen and oxygen atoms in total. The Morgan fingerprint density at radius 3 is 2.81 bits per heavy atom. The number of anilines is 1. The van der Waals surface area contributed by atoms with Crippen molar-refractivity contribution in [3.8, 4) is 0 Å². The van der Waals surface area contributed by atoms with Crippen molar-refractivity contribution in [3.05, 3.63) is 48.1 Å². The molecular formula is C12H12FN3O4S. The fraction of sp³-hybridized carbons (Fsp3) is 0.167. The van der Waals surface area contributed by atoms with Crippen LogP contribution in [-0.4, -0.2) is 26.0 Å². The minimum Gasteiger partial charge on any atom is -0.364 e. The van der Waals surface area contributed by atoms with Gasteiger partial charge in [0.15, 0.2) is 0 Å². The Hall–Kier alpha value is -2.26. The molecule has 0 aliphatic heterocycles. The number of aromatic nitrogens is 1. The number of hydrogen-bond donors (Lipinski definition) is 2. The third kappa shape index (κ3) is 4.97. The van der Waals surface area contributed by atoms with Crippen molar-refractivity contribution in [2.75, 3.05) is 11.9 Å². The summed E-state index contributed by atoms with van der Waals surface area (Å²) >= 11 is 0. The molecule has 0 aliphatic rings. The van der Waals surface area contributed by atoms with Gasteiger partial charge in [-0.3, -0.25) is 4.79 Å². The molecule has 0 aliphatic carbocycles. The average molecular weight is 313 g/mol. The van der Waals surface area contributed by atoms with Gasteiger partial charge in [0.05, 0.1) is 12.2 Å². The quantitative estimate of drug-likeness (QED) is 0.824. The summed E-state index contributed by atoms with van der Waals surface area (Å²) in [7, 11) is -3.71. The number of nitrogens with zero attached hydrogens (tertiary/aromatic N) is 1. The summed E-state index contributed by atoms with van der Waals surface area (Å²) in [5.41, 5.74) is 0.476. The van der Waals surface area contributed by atoms with Crippen LogP contribution in [0.4, 0.5) is 10.1 Å². The molecule has 0 unspecified atom stereocenters. The Kier molecular flexibility index (Phi) is 4.66. The van der Waals surface area contributed by atoms with E-state index in [1.165, 1.54) is 30.5 Å². The Morgan fingerprint density at radius 2 is 2.14 bits per heavy atom. The number of carbonyl (C=O) groups excluding carboxylic acids is 1. The van der Waals surface area contributed by atoms with Gasteiger partial charge >= 0.3 is 0 Å². The number of nitrogens with one attached hydrogen (secondary N) is 2. The van der Waals surface area contributed by atoms with Crippen LogP contribution in [0.1, 0.15) is 5.69 Å². The molecule has 2 aromatic rings. The van der Waals surface area contributed by atoms with E-state index in [1.807, 2.05) is 0 Å². The first-order valence-corrected chi connectivity index (χ1v) is 7.52. The molecule has 0 fully saturated rings. The van der Waals surface area contributed by atoms with E-state index in [0.29, 0.717) is 0 Å². The van der Waals surface area contributed by atoms with Gasteiger partial charge in [-0.15, -0.1) is 0 Å². The van der Waals surface area contributed by atoms with Gasteiger partial charge in [-0.05, 0) is 18.2 Å². The second-order valence-corrected chi connectivity index (χ2v) is 5.94. The topological polar surface area (TPSA) is 101 Å². The maximum atomic E-state index is 12.9. The van der Waals surface area contributed by atoms with Crippen LogP contribution in [0.25, 0.3) is 0 Å². The summed E-state index contributed by atoms with van der Waals surface area (Å²) in [5, 5.41) is 5.84. The van der Waals surface area contributed by atoms with E-state index in [1.54, 1.807) is 0 Å². The Balaban J connectivity index is 1.86. The summed E-state index contributed by atoms with van der Waals surface area (Å²) in [6.45, 7) is -0.462. The van der Waals surface area contributed by atoms with E-state index in [9.17, 15) is 17.6 Å². The molecule has 0 atom stereocenters. The maximum absolute atomic E-state index is 12.9. The molecule has 0 saturated heterocycles. The van der Waals surface area contributed by atoms with Crippen LogP contribution >= 0.6 is 0 Å². The normalized spacial score (nSPS) is 11.3. The zero-order valence-electron chi connectivity index (χ0n) is 10.7. The lowest BCUT2D eigenvalue weighted by molar-refractivity contribution is -0.115. The van der Waals surface area contributed by atoms with Gasteiger partial charge < -0.3 is 9.84 Å². The standard InChI is InChI=1S/C12H12FN3O4S/c13-9-2-1-3-10(6-9)15-12(17)7-14-21(18,19)8-11-4-5-20-16-11/h1-6,14H,7-8H2,(H,15,17). The van der Waals surface area contributed by atoms with Crippen LogP contribution in [0.3, 0.4) is 0 Å². The van der Waals surface area contributed by atoms with Gasteiger partial charge in [0, 0.05) is 11.8 Å². The average Bonchev–Trinajstić information content (AvgIpc) is 2.89. The first-order valence-electron chi connectivity index (χ1n) is 5.87. The fourth-order valence-electron chi connectivity index (χ4n) is 1.50. The van der Waals surface area contributed by atoms with Crippen LogP contribution in [0.2, 0.25) is 0 Å². The SMILES string of the molecule is O=C(CNS(=O)(=O)Cc1ccon1)Nc1cccc(F)c1. The number of hydrogen-bond acceptors (Lipinski definition) is 5. The lowest BCUT2D eigenvalue weighted by Crippen LogP contribution is -2.33. The van der Waals surface area contributed by atoms with Crippen molar-refractivity contribution >= 4 is 21.6 Å². The number of benzene rings is 1. The number of rotatable bonds is 6. The maximum Gasteiger partial charge on any atom is 0.239 e. The molecule has 1 aromatic carbocycles. The van der Waals surface area contributed by atoms with Crippen molar-refractivity contribution in [1.82, 2.24) is 9.88 Å². The van der Waals surface area contributed by atoms with Gasteiger partial charge in [0.2, 0.25) is 15.9 Å². The molecule has 0 bridgehead atoms. The smallest absolute Gasteiger partial charge is 0.239 e. The zero-order valence-corrected chi connectivity index (χ0v) is 11.6. The molecule has 0 radical (unpaired) electrons. The lowest BCUT2D eigenvalue weighted by Gasteiger charge is -2.07. The Bertz CT molecular complexity index is 716. The largest absolute Gasteiger partial charge is 0.364 e. The summed E-state index contributed by atoms with van der Waals surface area (Å²) in [6, 6.07) is 6.69. The molecule has 112 valence electrons. The van der Waals surface area contributed by atoms with Crippen LogP contribution < -0.4 is 10.0 Å². The molecule has 0 saturated carbocycles. The molecule has 2 N–H and O–H groups in total. The number of carbonyl (C=O) groups is 1. The molecule has 1 amide bonds. The summed E-state index contributed by atoms with van der Waals surface area (Å²) in [5.74, 6) is -1.50. The van der Waals surface area contributed by atoms with Crippen molar-refractivity contribution < 1.29 is 22.1 Å². The monoisotopic (exact) mass is 313 g/mol. The highest BCUT2D eigenvalue weighted by Gasteiger charge is 2.15. The second kappa shape index (κ2) is 6.46. The molecule has 2 rings (SSSR count). The first kappa shape index (κ1) is 15.1. The van der Waals surface area contributed by atoms with Crippen molar-refractivity contribution in [2.24, 2.45) is 0 Å². The highest BCUT2D eigenvalue weighted by atomic mass is 32.2. The predicted molar refractivity (Wildman–Crippen MR) is 72.2 cm³/mol.